The number of carbonyl (C=O) groups excluding carboxylic acids is 2. The van der Waals surface area contributed by atoms with Crippen molar-refractivity contribution in [2.75, 3.05) is 44.1 Å². The van der Waals surface area contributed by atoms with E-state index in [4.69, 9.17) is 14.2 Å². The minimum Gasteiger partial charge on any atom is -0.493 e. The lowest BCUT2D eigenvalue weighted by Crippen LogP contribution is -2.21. The molecule has 188 valence electrons. The van der Waals surface area contributed by atoms with Crippen LogP contribution in [0.1, 0.15) is 23.2 Å². The molecule has 1 aliphatic rings. The Balaban J connectivity index is 1.36. The zero-order chi connectivity index (χ0) is 25.7. The highest BCUT2D eigenvalue weighted by Crippen LogP contribution is 2.34. The number of esters is 1. The molecule has 0 atom stereocenters. The molecule has 3 aromatic rings. The quantitative estimate of drug-likeness (QED) is 0.255. The summed E-state index contributed by atoms with van der Waals surface area (Å²) >= 11 is 1.21. The van der Waals surface area contributed by atoms with Gasteiger partial charge in [0.25, 0.3) is 11.6 Å². The van der Waals surface area contributed by atoms with Crippen LogP contribution in [0.25, 0.3) is 11.3 Å². The standard InChI is InChI=1S/C24H24N4O7S/c1-33-20-8-6-15(12-21(20)34-2)17-14-36-24(25-17)26-22(29)13-35-23(30)16-5-7-18(19(11-16)28(31)32)27-9-3-4-10-27/h5-8,11-12,14H,3-4,9-10,13H2,1-2H3,(H,25,26,29). The van der Waals surface area contributed by atoms with Gasteiger partial charge in [0.1, 0.15) is 5.69 Å². The molecule has 1 N–H and O–H groups in total. The van der Waals surface area contributed by atoms with Gasteiger partial charge in [-0.15, -0.1) is 11.3 Å². The highest BCUT2D eigenvalue weighted by Gasteiger charge is 2.24. The van der Waals surface area contributed by atoms with Crippen molar-refractivity contribution in [3.63, 3.8) is 0 Å². The molecule has 0 unspecified atom stereocenters. The van der Waals surface area contributed by atoms with Gasteiger partial charge in [-0.3, -0.25) is 20.2 Å². The fraction of sp³-hybridized carbons (Fsp3) is 0.292. The van der Waals surface area contributed by atoms with Gasteiger partial charge in [0.05, 0.1) is 30.4 Å². The van der Waals surface area contributed by atoms with Gasteiger partial charge in [-0.2, -0.15) is 0 Å². The number of hydrogen-bond acceptors (Lipinski definition) is 10. The Morgan fingerprint density at radius 2 is 1.86 bits per heavy atom. The third kappa shape index (κ3) is 5.54. The summed E-state index contributed by atoms with van der Waals surface area (Å²) in [5.41, 5.74) is 1.71. The first-order chi connectivity index (χ1) is 17.4. The van der Waals surface area contributed by atoms with Crippen LogP contribution in [0, 0.1) is 10.1 Å². The van der Waals surface area contributed by atoms with Gasteiger partial charge in [-0.1, -0.05) is 0 Å². The van der Waals surface area contributed by atoms with E-state index in [1.54, 1.807) is 30.7 Å². The maximum absolute atomic E-state index is 12.4. The Kier molecular flexibility index (Phi) is 7.64. The van der Waals surface area contributed by atoms with E-state index in [0.717, 1.165) is 31.5 Å². The highest BCUT2D eigenvalue weighted by atomic mass is 32.1. The zero-order valence-electron chi connectivity index (χ0n) is 19.7. The number of nitrogens with zero attached hydrogens (tertiary/aromatic N) is 3. The van der Waals surface area contributed by atoms with E-state index in [2.05, 4.69) is 10.3 Å². The summed E-state index contributed by atoms with van der Waals surface area (Å²) in [5, 5.41) is 16.2. The minimum absolute atomic E-state index is 0.00225. The van der Waals surface area contributed by atoms with Crippen LogP contribution in [0.4, 0.5) is 16.5 Å². The molecule has 11 nitrogen and oxygen atoms in total. The first-order valence-corrected chi connectivity index (χ1v) is 12.0. The summed E-state index contributed by atoms with van der Waals surface area (Å²) in [6.07, 6.45) is 1.93. The second-order valence-electron chi connectivity index (χ2n) is 7.89. The monoisotopic (exact) mass is 512 g/mol. The first kappa shape index (κ1) is 24.9. The number of methoxy groups -OCH3 is 2. The molecule has 0 bridgehead atoms. The minimum atomic E-state index is -0.827. The molecule has 36 heavy (non-hydrogen) atoms. The fourth-order valence-corrected chi connectivity index (χ4v) is 4.59. The number of amides is 1. The van der Waals surface area contributed by atoms with E-state index in [1.165, 1.54) is 30.6 Å². The Hall–Kier alpha value is -4.19. The number of thiazole rings is 1. The lowest BCUT2D eigenvalue weighted by Gasteiger charge is -2.17. The molecule has 0 saturated carbocycles. The summed E-state index contributed by atoms with van der Waals surface area (Å²) < 4.78 is 15.6. The number of nitrogens with one attached hydrogen (secondary N) is 1. The Labute approximate surface area is 210 Å². The van der Waals surface area contributed by atoms with Gasteiger partial charge in [-0.25, -0.2) is 9.78 Å². The topological polar surface area (TPSA) is 133 Å². The number of carbonyl (C=O) groups is 2. The number of ether oxygens (including phenoxy) is 3. The zero-order valence-corrected chi connectivity index (χ0v) is 20.5. The normalized spacial score (nSPS) is 12.8. The van der Waals surface area contributed by atoms with E-state index in [-0.39, 0.29) is 11.3 Å². The van der Waals surface area contributed by atoms with Crippen molar-refractivity contribution in [2.45, 2.75) is 12.8 Å². The second-order valence-corrected chi connectivity index (χ2v) is 8.74. The summed E-state index contributed by atoms with van der Waals surface area (Å²) in [5.74, 6) is -0.275. The summed E-state index contributed by atoms with van der Waals surface area (Å²) in [7, 11) is 3.08. The van der Waals surface area contributed by atoms with Crippen LogP contribution >= 0.6 is 11.3 Å². The highest BCUT2D eigenvalue weighted by molar-refractivity contribution is 7.14. The smallest absolute Gasteiger partial charge is 0.338 e. The number of rotatable bonds is 9. The lowest BCUT2D eigenvalue weighted by molar-refractivity contribution is -0.384. The molecule has 12 heteroatoms. The third-order valence-electron chi connectivity index (χ3n) is 5.62. The molecule has 0 aliphatic carbocycles. The maximum atomic E-state index is 12.4. The van der Waals surface area contributed by atoms with Crippen molar-refractivity contribution >= 4 is 39.7 Å². The number of nitro groups is 1. The summed E-state index contributed by atoms with van der Waals surface area (Å²) in [4.78, 5) is 42.1. The second kappa shape index (κ2) is 11.0. The van der Waals surface area contributed by atoms with E-state index in [0.29, 0.717) is 28.0 Å². The molecule has 1 saturated heterocycles. The molecule has 4 rings (SSSR count). The summed E-state index contributed by atoms with van der Waals surface area (Å²) in [6.45, 7) is 0.899. The van der Waals surface area contributed by atoms with Crippen LogP contribution in [-0.4, -0.2) is 55.7 Å². The predicted octanol–water partition coefficient (Wildman–Crippen LogP) is 4.13. The predicted molar refractivity (Wildman–Crippen MR) is 134 cm³/mol. The molecular formula is C24H24N4O7S. The van der Waals surface area contributed by atoms with Crippen LogP contribution < -0.4 is 19.7 Å². The van der Waals surface area contributed by atoms with Crippen LogP contribution in [-0.2, 0) is 9.53 Å². The number of hydrogen-bond donors (Lipinski definition) is 1. The number of benzene rings is 2. The Bertz CT molecular complexity index is 1290. The molecule has 1 aliphatic heterocycles. The fourth-order valence-electron chi connectivity index (χ4n) is 3.85. The van der Waals surface area contributed by atoms with Gasteiger partial charge in [0, 0.05) is 30.1 Å². The van der Waals surface area contributed by atoms with Crippen molar-refractivity contribution in [3.05, 3.63) is 57.5 Å². The molecule has 1 aromatic heterocycles. The van der Waals surface area contributed by atoms with Gasteiger partial charge < -0.3 is 19.1 Å². The van der Waals surface area contributed by atoms with E-state index < -0.39 is 23.4 Å². The van der Waals surface area contributed by atoms with Gasteiger partial charge in [-0.05, 0) is 43.2 Å². The van der Waals surface area contributed by atoms with Crippen LogP contribution in [0.15, 0.2) is 41.8 Å². The van der Waals surface area contributed by atoms with Crippen LogP contribution in [0.2, 0.25) is 0 Å². The van der Waals surface area contributed by atoms with Gasteiger partial charge in [0.2, 0.25) is 0 Å². The molecule has 1 amide bonds. The maximum Gasteiger partial charge on any atom is 0.338 e. The lowest BCUT2D eigenvalue weighted by atomic mass is 10.1. The Morgan fingerprint density at radius 1 is 1.11 bits per heavy atom. The van der Waals surface area contributed by atoms with Crippen molar-refractivity contribution < 1.29 is 28.7 Å². The number of anilines is 2. The van der Waals surface area contributed by atoms with E-state index in [9.17, 15) is 19.7 Å². The van der Waals surface area contributed by atoms with Crippen molar-refractivity contribution in [1.29, 1.82) is 0 Å². The first-order valence-electron chi connectivity index (χ1n) is 11.1. The van der Waals surface area contributed by atoms with Crippen LogP contribution in [0.3, 0.4) is 0 Å². The van der Waals surface area contributed by atoms with Crippen molar-refractivity contribution in [1.82, 2.24) is 4.98 Å². The van der Waals surface area contributed by atoms with Crippen molar-refractivity contribution in [3.8, 4) is 22.8 Å². The van der Waals surface area contributed by atoms with Gasteiger partial charge >= 0.3 is 5.97 Å². The molecular weight excluding hydrogens is 488 g/mol. The van der Waals surface area contributed by atoms with Gasteiger partial charge in [0.15, 0.2) is 23.2 Å². The SMILES string of the molecule is COc1ccc(-c2csc(NC(=O)COC(=O)c3ccc(N4CCCC4)c([N+](=O)[O-])c3)n2)cc1OC. The van der Waals surface area contributed by atoms with Crippen LogP contribution in [0.5, 0.6) is 11.5 Å². The number of aromatic nitrogens is 1. The van der Waals surface area contributed by atoms with E-state index in [1.807, 2.05) is 11.0 Å². The largest absolute Gasteiger partial charge is 0.493 e. The third-order valence-corrected chi connectivity index (χ3v) is 6.38. The van der Waals surface area contributed by atoms with Crippen molar-refractivity contribution in [2.24, 2.45) is 0 Å². The molecule has 0 radical (unpaired) electrons. The average molecular weight is 513 g/mol. The molecule has 2 aromatic carbocycles. The molecule has 2 heterocycles. The van der Waals surface area contributed by atoms with E-state index >= 15 is 0 Å². The Morgan fingerprint density at radius 3 is 2.56 bits per heavy atom. The molecule has 0 spiro atoms. The number of nitro benzene ring substituents is 1. The summed E-state index contributed by atoms with van der Waals surface area (Å²) in [6, 6.07) is 9.55. The molecule has 1 fully saturated rings. The average Bonchev–Trinajstić information content (AvgIpc) is 3.59.